The lowest BCUT2D eigenvalue weighted by atomic mass is 10.1. The van der Waals surface area contributed by atoms with Crippen molar-refractivity contribution in [2.45, 2.75) is 12.8 Å². The van der Waals surface area contributed by atoms with Crippen molar-refractivity contribution in [3.8, 4) is 22.6 Å². The molecule has 6 rings (SSSR count). The van der Waals surface area contributed by atoms with Crippen molar-refractivity contribution in [2.24, 2.45) is 5.92 Å². The number of H-pyrrole nitrogens is 2. The average molecular weight is 394 g/mol. The molecule has 0 unspecified atom stereocenters. The first-order valence-corrected chi connectivity index (χ1v) is 9.93. The monoisotopic (exact) mass is 394 g/mol. The second-order valence-electron chi connectivity index (χ2n) is 7.68. The SMILES string of the molecule is O=C(Nc1cncc(-c2cc3c(-c4cc5ccccc5[nH]4)n[nH]c3cn2)c1)C1CC1. The molecule has 1 aliphatic rings. The maximum atomic E-state index is 12.1. The molecule has 1 saturated carbocycles. The van der Waals surface area contributed by atoms with E-state index in [4.69, 9.17) is 0 Å². The zero-order valence-corrected chi connectivity index (χ0v) is 16.0. The summed E-state index contributed by atoms with van der Waals surface area (Å²) >= 11 is 0. The Bertz CT molecular complexity index is 1380. The Morgan fingerprint density at radius 1 is 1.03 bits per heavy atom. The predicted molar refractivity (Wildman–Crippen MR) is 116 cm³/mol. The van der Waals surface area contributed by atoms with Gasteiger partial charge in [0.15, 0.2) is 0 Å². The van der Waals surface area contributed by atoms with Crippen molar-refractivity contribution in [3.63, 3.8) is 0 Å². The zero-order valence-electron chi connectivity index (χ0n) is 16.0. The third-order valence-electron chi connectivity index (χ3n) is 5.48. The summed E-state index contributed by atoms with van der Waals surface area (Å²) in [4.78, 5) is 24.3. The minimum atomic E-state index is 0.0632. The molecule has 1 aliphatic carbocycles. The van der Waals surface area contributed by atoms with Gasteiger partial charge in [0.05, 0.1) is 35.0 Å². The number of pyridine rings is 2. The van der Waals surface area contributed by atoms with Crippen LogP contribution in [0, 0.1) is 5.92 Å². The van der Waals surface area contributed by atoms with Gasteiger partial charge in [0.2, 0.25) is 5.91 Å². The molecule has 30 heavy (non-hydrogen) atoms. The molecule has 0 spiro atoms. The number of fused-ring (bicyclic) bond motifs is 2. The molecule has 0 aliphatic heterocycles. The molecule has 5 aromatic rings. The van der Waals surface area contributed by atoms with Crippen LogP contribution in [-0.2, 0) is 4.79 Å². The van der Waals surface area contributed by atoms with E-state index in [9.17, 15) is 4.79 Å². The summed E-state index contributed by atoms with van der Waals surface area (Å²) < 4.78 is 0. The number of aromatic nitrogens is 5. The van der Waals surface area contributed by atoms with Crippen LogP contribution in [0.5, 0.6) is 0 Å². The van der Waals surface area contributed by atoms with Crippen molar-refractivity contribution >= 4 is 33.4 Å². The van der Waals surface area contributed by atoms with Crippen molar-refractivity contribution in [2.75, 3.05) is 5.32 Å². The Hall–Kier alpha value is -4.00. The fourth-order valence-electron chi connectivity index (χ4n) is 3.72. The number of amides is 1. The van der Waals surface area contributed by atoms with E-state index >= 15 is 0 Å². The molecule has 146 valence electrons. The molecule has 4 aromatic heterocycles. The van der Waals surface area contributed by atoms with Gasteiger partial charge in [-0.05, 0) is 37.1 Å². The highest BCUT2D eigenvalue weighted by Crippen LogP contribution is 2.32. The van der Waals surface area contributed by atoms with Gasteiger partial charge < -0.3 is 10.3 Å². The van der Waals surface area contributed by atoms with Gasteiger partial charge in [-0.25, -0.2) is 0 Å². The lowest BCUT2D eigenvalue weighted by Gasteiger charge is -2.06. The number of para-hydroxylation sites is 1. The fourth-order valence-corrected chi connectivity index (χ4v) is 3.72. The Morgan fingerprint density at radius 3 is 2.80 bits per heavy atom. The molecule has 4 heterocycles. The number of nitrogens with zero attached hydrogens (tertiary/aromatic N) is 3. The van der Waals surface area contributed by atoms with E-state index < -0.39 is 0 Å². The Balaban J connectivity index is 1.40. The summed E-state index contributed by atoms with van der Waals surface area (Å²) in [5.74, 6) is 0.209. The van der Waals surface area contributed by atoms with Crippen LogP contribution >= 0.6 is 0 Å². The van der Waals surface area contributed by atoms with Crippen LogP contribution in [0.15, 0.2) is 61.1 Å². The third kappa shape index (κ3) is 2.91. The molecular weight excluding hydrogens is 376 g/mol. The van der Waals surface area contributed by atoms with Gasteiger partial charge >= 0.3 is 0 Å². The predicted octanol–water partition coefficient (Wildman–Crippen LogP) is 4.52. The third-order valence-corrected chi connectivity index (χ3v) is 5.48. The molecule has 0 saturated heterocycles. The average Bonchev–Trinajstić information content (AvgIpc) is 3.40. The van der Waals surface area contributed by atoms with Crippen molar-refractivity contribution in [3.05, 3.63) is 61.1 Å². The minimum absolute atomic E-state index is 0.0632. The highest BCUT2D eigenvalue weighted by atomic mass is 16.2. The summed E-state index contributed by atoms with van der Waals surface area (Å²) in [6.07, 6.45) is 7.13. The quantitative estimate of drug-likeness (QED) is 0.417. The molecule has 3 N–H and O–H groups in total. The van der Waals surface area contributed by atoms with Crippen LogP contribution < -0.4 is 5.32 Å². The van der Waals surface area contributed by atoms with E-state index in [2.05, 4.69) is 42.6 Å². The summed E-state index contributed by atoms with van der Waals surface area (Å²) in [7, 11) is 0. The molecule has 7 nitrogen and oxygen atoms in total. The number of aromatic amines is 2. The van der Waals surface area contributed by atoms with Crippen LogP contribution in [0.1, 0.15) is 12.8 Å². The number of carbonyl (C=O) groups excluding carboxylic acids is 1. The molecule has 0 atom stereocenters. The smallest absolute Gasteiger partial charge is 0.227 e. The van der Waals surface area contributed by atoms with E-state index in [1.807, 2.05) is 30.3 Å². The molecule has 7 heteroatoms. The maximum Gasteiger partial charge on any atom is 0.227 e. The molecule has 1 amide bonds. The van der Waals surface area contributed by atoms with E-state index in [1.54, 1.807) is 18.6 Å². The maximum absolute atomic E-state index is 12.1. The lowest BCUT2D eigenvalue weighted by Crippen LogP contribution is -2.13. The van der Waals surface area contributed by atoms with E-state index in [1.165, 1.54) is 0 Å². The minimum Gasteiger partial charge on any atom is -0.353 e. The van der Waals surface area contributed by atoms with E-state index in [-0.39, 0.29) is 11.8 Å². The lowest BCUT2D eigenvalue weighted by molar-refractivity contribution is -0.117. The van der Waals surface area contributed by atoms with Crippen molar-refractivity contribution < 1.29 is 4.79 Å². The summed E-state index contributed by atoms with van der Waals surface area (Å²) in [6.45, 7) is 0. The Morgan fingerprint density at radius 2 is 1.93 bits per heavy atom. The first-order valence-electron chi connectivity index (χ1n) is 9.93. The van der Waals surface area contributed by atoms with Gasteiger partial charge in [-0.15, -0.1) is 0 Å². The van der Waals surface area contributed by atoms with Crippen molar-refractivity contribution in [1.82, 2.24) is 25.1 Å². The highest BCUT2D eigenvalue weighted by Gasteiger charge is 2.29. The molecular formula is C23H18N6O. The summed E-state index contributed by atoms with van der Waals surface area (Å²) in [6, 6.07) is 14.2. The van der Waals surface area contributed by atoms with Crippen LogP contribution in [0.2, 0.25) is 0 Å². The van der Waals surface area contributed by atoms with Crippen LogP contribution in [0.25, 0.3) is 44.5 Å². The molecule has 1 fully saturated rings. The fraction of sp³-hybridized carbons (Fsp3) is 0.130. The van der Waals surface area contributed by atoms with Crippen molar-refractivity contribution in [1.29, 1.82) is 0 Å². The number of anilines is 1. The summed E-state index contributed by atoms with van der Waals surface area (Å²) in [5, 5.41) is 12.6. The number of hydrogen-bond acceptors (Lipinski definition) is 4. The number of hydrogen-bond donors (Lipinski definition) is 3. The van der Waals surface area contributed by atoms with Gasteiger partial charge in [-0.1, -0.05) is 18.2 Å². The molecule has 0 radical (unpaired) electrons. The standard InChI is InChI=1S/C23H18N6O/c30-23(13-5-6-13)26-16-7-15(10-24-11-16)19-9-17-21(12-25-19)28-29-22(17)20-8-14-3-1-2-4-18(14)27-20/h1-4,7-13,27H,5-6H2,(H,26,30)(H,28,29). The number of rotatable bonds is 4. The second kappa shape index (κ2) is 6.52. The Labute approximate surface area is 171 Å². The number of nitrogens with one attached hydrogen (secondary N) is 3. The van der Waals surface area contributed by atoms with Crippen LogP contribution in [-0.4, -0.2) is 31.1 Å². The van der Waals surface area contributed by atoms with Gasteiger partial charge in [0.25, 0.3) is 0 Å². The number of benzene rings is 1. The zero-order chi connectivity index (χ0) is 20.1. The summed E-state index contributed by atoms with van der Waals surface area (Å²) in [5.41, 5.74) is 6.03. The highest BCUT2D eigenvalue weighted by molar-refractivity contribution is 5.97. The first kappa shape index (κ1) is 16.9. The van der Waals surface area contributed by atoms with E-state index in [0.717, 1.165) is 57.3 Å². The van der Waals surface area contributed by atoms with Gasteiger partial charge in [0, 0.05) is 34.0 Å². The van der Waals surface area contributed by atoms with Crippen LogP contribution in [0.4, 0.5) is 5.69 Å². The molecule has 0 bridgehead atoms. The van der Waals surface area contributed by atoms with Gasteiger partial charge in [-0.2, -0.15) is 5.10 Å². The van der Waals surface area contributed by atoms with Gasteiger partial charge in [-0.3, -0.25) is 19.9 Å². The normalized spacial score (nSPS) is 13.7. The molecule has 1 aromatic carbocycles. The first-order chi connectivity index (χ1) is 14.7. The number of carbonyl (C=O) groups is 1. The Kier molecular flexibility index (Phi) is 3.67. The largest absolute Gasteiger partial charge is 0.353 e. The second-order valence-corrected chi connectivity index (χ2v) is 7.68. The van der Waals surface area contributed by atoms with Gasteiger partial charge in [0.1, 0.15) is 5.69 Å². The van der Waals surface area contributed by atoms with E-state index in [0.29, 0.717) is 5.69 Å². The van der Waals surface area contributed by atoms with Crippen LogP contribution in [0.3, 0.4) is 0 Å². The topological polar surface area (TPSA) is 99.4 Å².